The average molecular weight is 372 g/mol. The molecule has 0 amide bonds. The van der Waals surface area contributed by atoms with Gasteiger partial charge in [-0.05, 0) is 13.8 Å². The van der Waals surface area contributed by atoms with Crippen LogP contribution in [-0.4, -0.2) is 67.5 Å². The molecule has 4 N–H and O–H groups in total. The minimum atomic E-state index is -0.850. The molecule has 18 heavy (non-hydrogen) atoms. The molecule has 1 saturated heterocycles. The highest BCUT2D eigenvalue weighted by molar-refractivity contribution is 14.0. The third-order valence-electron chi connectivity index (χ3n) is 2.62. The predicted octanol–water partition coefficient (Wildman–Crippen LogP) is -0.388. The molecule has 1 unspecified atom stereocenters. The van der Waals surface area contributed by atoms with Gasteiger partial charge in [-0.15, -0.1) is 24.0 Å². The highest BCUT2D eigenvalue weighted by Gasteiger charge is 2.24. The first kappa shape index (κ1) is 17.9. The lowest BCUT2D eigenvalue weighted by atomic mass is 10.1. The summed E-state index contributed by atoms with van der Waals surface area (Å²) in [6.45, 7) is 8.58. The molecule has 1 rings (SSSR count). The molecule has 0 bridgehead atoms. The lowest BCUT2D eigenvalue weighted by Gasteiger charge is -2.33. The van der Waals surface area contributed by atoms with Crippen molar-refractivity contribution in [2.45, 2.75) is 19.4 Å². The Balaban J connectivity index is 0.00000289. The number of nitrogens with two attached hydrogens (primary N) is 1. The fourth-order valence-corrected chi connectivity index (χ4v) is 1.78. The predicted molar refractivity (Wildman–Crippen MR) is 83.5 cm³/mol. The number of aliphatic hydroxyl groups is 1. The number of aliphatic imine (C=N–C) groups is 1. The Morgan fingerprint density at radius 1 is 1.50 bits per heavy atom. The number of hydrogen-bond acceptors (Lipinski definition) is 4. The van der Waals surface area contributed by atoms with E-state index in [9.17, 15) is 5.11 Å². The summed E-state index contributed by atoms with van der Waals surface area (Å²) in [4.78, 5) is 6.31. The Bertz CT molecular complexity index is 255. The summed E-state index contributed by atoms with van der Waals surface area (Å²) < 4.78 is 5.26. The standard InChI is InChI=1S/C11H24N4O2.HI/c1-3-13-10(12)14-8-11(2,16)9-15-4-6-17-7-5-15;/h16H,3-9H2,1-2H3,(H3,12,13,14);1H. The van der Waals surface area contributed by atoms with E-state index < -0.39 is 5.60 Å². The van der Waals surface area contributed by atoms with Gasteiger partial charge in [0.2, 0.25) is 0 Å². The van der Waals surface area contributed by atoms with Gasteiger partial charge in [0.25, 0.3) is 0 Å². The smallest absolute Gasteiger partial charge is 0.188 e. The molecule has 1 aliphatic rings. The number of guanidine groups is 1. The molecule has 0 aromatic heterocycles. The molecule has 1 atom stereocenters. The van der Waals surface area contributed by atoms with Crippen LogP contribution in [0.25, 0.3) is 0 Å². The Hall–Kier alpha value is -0.120. The van der Waals surface area contributed by atoms with E-state index in [-0.39, 0.29) is 24.0 Å². The quantitative estimate of drug-likeness (QED) is 0.348. The monoisotopic (exact) mass is 372 g/mol. The highest BCUT2D eigenvalue weighted by Crippen LogP contribution is 2.08. The maximum absolute atomic E-state index is 10.2. The summed E-state index contributed by atoms with van der Waals surface area (Å²) in [6.07, 6.45) is 0. The molecule has 0 aromatic carbocycles. The number of nitrogens with one attached hydrogen (secondary N) is 1. The van der Waals surface area contributed by atoms with Gasteiger partial charge in [0, 0.05) is 26.2 Å². The van der Waals surface area contributed by atoms with Crippen molar-refractivity contribution in [2.75, 3.05) is 45.9 Å². The molecule has 108 valence electrons. The molecule has 1 heterocycles. The molecule has 1 fully saturated rings. The number of rotatable bonds is 5. The fraction of sp³-hybridized carbons (Fsp3) is 0.909. The molecule has 1 aliphatic heterocycles. The van der Waals surface area contributed by atoms with Crippen LogP contribution in [-0.2, 0) is 4.74 Å². The van der Waals surface area contributed by atoms with Gasteiger partial charge in [-0.3, -0.25) is 9.89 Å². The maximum Gasteiger partial charge on any atom is 0.188 e. The van der Waals surface area contributed by atoms with Crippen molar-refractivity contribution in [1.82, 2.24) is 10.2 Å². The summed E-state index contributed by atoms with van der Waals surface area (Å²) in [6, 6.07) is 0. The summed E-state index contributed by atoms with van der Waals surface area (Å²) in [7, 11) is 0. The molecule has 0 aliphatic carbocycles. The van der Waals surface area contributed by atoms with Crippen LogP contribution >= 0.6 is 24.0 Å². The van der Waals surface area contributed by atoms with Gasteiger partial charge < -0.3 is 20.9 Å². The minimum absolute atomic E-state index is 0. The molecule has 7 heteroatoms. The molecule has 0 spiro atoms. The van der Waals surface area contributed by atoms with Crippen LogP contribution in [0.3, 0.4) is 0 Å². The van der Waals surface area contributed by atoms with Gasteiger partial charge in [-0.2, -0.15) is 0 Å². The Labute approximate surface area is 126 Å². The van der Waals surface area contributed by atoms with Crippen LogP contribution in [0.15, 0.2) is 4.99 Å². The zero-order valence-electron chi connectivity index (χ0n) is 11.2. The first-order valence-electron chi connectivity index (χ1n) is 6.10. The number of morpholine rings is 1. The number of hydrogen-bond donors (Lipinski definition) is 3. The van der Waals surface area contributed by atoms with Crippen LogP contribution in [0, 0.1) is 0 Å². The van der Waals surface area contributed by atoms with Gasteiger partial charge in [-0.25, -0.2) is 0 Å². The SMILES string of the molecule is CCNC(N)=NCC(C)(O)CN1CCOCC1.I. The molecule has 0 aromatic rings. The maximum atomic E-state index is 10.2. The summed E-state index contributed by atoms with van der Waals surface area (Å²) in [5, 5.41) is 13.1. The van der Waals surface area contributed by atoms with Crippen LogP contribution in [0.2, 0.25) is 0 Å². The molecule has 6 nitrogen and oxygen atoms in total. The molecule has 0 saturated carbocycles. The normalized spacial score (nSPS) is 20.9. The third-order valence-corrected chi connectivity index (χ3v) is 2.62. The van der Waals surface area contributed by atoms with Crippen molar-refractivity contribution in [3.05, 3.63) is 0 Å². The van der Waals surface area contributed by atoms with E-state index in [1.54, 1.807) is 6.92 Å². The van der Waals surface area contributed by atoms with Crippen LogP contribution in [0.1, 0.15) is 13.8 Å². The zero-order valence-corrected chi connectivity index (χ0v) is 13.5. The van der Waals surface area contributed by atoms with Gasteiger partial charge in [0.1, 0.15) is 0 Å². The summed E-state index contributed by atoms with van der Waals surface area (Å²) in [5.41, 5.74) is 4.77. The second-order valence-electron chi connectivity index (χ2n) is 4.62. The largest absolute Gasteiger partial charge is 0.387 e. The van der Waals surface area contributed by atoms with E-state index in [1.165, 1.54) is 0 Å². The van der Waals surface area contributed by atoms with Crippen molar-refractivity contribution in [3.8, 4) is 0 Å². The number of ether oxygens (including phenoxy) is 1. The fourth-order valence-electron chi connectivity index (χ4n) is 1.78. The molecule has 0 radical (unpaired) electrons. The van der Waals surface area contributed by atoms with Gasteiger partial charge in [0.05, 0.1) is 25.4 Å². The second kappa shape index (κ2) is 8.89. The molecular weight excluding hydrogens is 347 g/mol. The number of nitrogens with zero attached hydrogens (tertiary/aromatic N) is 2. The Morgan fingerprint density at radius 2 is 2.11 bits per heavy atom. The minimum Gasteiger partial charge on any atom is -0.387 e. The first-order chi connectivity index (χ1) is 8.03. The van der Waals surface area contributed by atoms with Crippen molar-refractivity contribution >= 4 is 29.9 Å². The first-order valence-corrected chi connectivity index (χ1v) is 6.10. The average Bonchev–Trinajstić information content (AvgIpc) is 2.28. The van der Waals surface area contributed by atoms with E-state index in [0.29, 0.717) is 19.0 Å². The topological polar surface area (TPSA) is 83.1 Å². The Morgan fingerprint density at radius 3 is 2.67 bits per heavy atom. The summed E-state index contributed by atoms with van der Waals surface area (Å²) >= 11 is 0. The zero-order chi connectivity index (χ0) is 12.7. The van der Waals surface area contributed by atoms with Crippen LogP contribution in [0.5, 0.6) is 0 Å². The van der Waals surface area contributed by atoms with Gasteiger partial charge >= 0.3 is 0 Å². The Kier molecular flexibility index (Phi) is 8.83. The second-order valence-corrected chi connectivity index (χ2v) is 4.62. The lowest BCUT2D eigenvalue weighted by Crippen LogP contribution is -2.48. The van der Waals surface area contributed by atoms with Crippen molar-refractivity contribution in [3.63, 3.8) is 0 Å². The van der Waals surface area contributed by atoms with Crippen molar-refractivity contribution in [1.29, 1.82) is 0 Å². The number of halogens is 1. The third kappa shape index (κ3) is 7.34. The van der Waals surface area contributed by atoms with Gasteiger partial charge in [0.15, 0.2) is 5.96 Å². The van der Waals surface area contributed by atoms with E-state index in [4.69, 9.17) is 10.5 Å². The number of β-amino-alcohol motifs (C(OH)–C–C–N with tert-alkyl or cyclic N) is 1. The summed E-state index contributed by atoms with van der Waals surface area (Å²) in [5.74, 6) is 0.384. The van der Waals surface area contributed by atoms with Gasteiger partial charge in [-0.1, -0.05) is 0 Å². The van der Waals surface area contributed by atoms with E-state index in [0.717, 1.165) is 32.8 Å². The van der Waals surface area contributed by atoms with E-state index in [2.05, 4.69) is 15.2 Å². The van der Waals surface area contributed by atoms with Crippen molar-refractivity contribution in [2.24, 2.45) is 10.7 Å². The van der Waals surface area contributed by atoms with E-state index in [1.807, 2.05) is 6.92 Å². The van der Waals surface area contributed by atoms with Crippen LogP contribution < -0.4 is 11.1 Å². The highest BCUT2D eigenvalue weighted by atomic mass is 127. The van der Waals surface area contributed by atoms with Crippen molar-refractivity contribution < 1.29 is 9.84 Å². The lowest BCUT2D eigenvalue weighted by molar-refractivity contribution is -0.0179. The van der Waals surface area contributed by atoms with Crippen LogP contribution in [0.4, 0.5) is 0 Å². The molecular formula is C11H25IN4O2. The van der Waals surface area contributed by atoms with E-state index >= 15 is 0 Å².